The predicted octanol–water partition coefficient (Wildman–Crippen LogP) is 3.37. The molecule has 1 amide bonds. The summed E-state index contributed by atoms with van der Waals surface area (Å²) in [5.41, 5.74) is 0. The molecule has 4 heteroatoms. The summed E-state index contributed by atoms with van der Waals surface area (Å²) in [6.07, 6.45) is 12.6. The molecule has 1 saturated carbocycles. The summed E-state index contributed by atoms with van der Waals surface area (Å²) in [7, 11) is 0. The number of amides is 1. The highest BCUT2D eigenvalue weighted by molar-refractivity contribution is 5.85. The van der Waals surface area contributed by atoms with E-state index in [9.17, 15) is 4.79 Å². The van der Waals surface area contributed by atoms with E-state index in [2.05, 4.69) is 10.2 Å². The Morgan fingerprint density at radius 2 is 1.67 bits per heavy atom. The highest BCUT2D eigenvalue weighted by atomic mass is 35.5. The Hall–Kier alpha value is -0.280. The molecule has 3 rings (SSSR count). The molecule has 0 aromatic rings. The molecule has 1 atom stereocenters. The van der Waals surface area contributed by atoms with Gasteiger partial charge in [0.15, 0.2) is 0 Å². The first-order valence-corrected chi connectivity index (χ1v) is 8.85. The van der Waals surface area contributed by atoms with E-state index >= 15 is 0 Å². The molecule has 3 aliphatic rings. The summed E-state index contributed by atoms with van der Waals surface area (Å²) in [6.45, 7) is 3.24. The summed E-state index contributed by atoms with van der Waals surface area (Å²) in [5, 5.41) is 3.39. The van der Waals surface area contributed by atoms with E-state index < -0.39 is 0 Å². The highest BCUT2D eigenvalue weighted by Crippen LogP contribution is 2.35. The number of hydrogen-bond acceptors (Lipinski definition) is 2. The molecule has 3 fully saturated rings. The van der Waals surface area contributed by atoms with Crippen LogP contribution in [0.4, 0.5) is 0 Å². The van der Waals surface area contributed by atoms with Gasteiger partial charge in [0.1, 0.15) is 0 Å². The van der Waals surface area contributed by atoms with E-state index in [0.29, 0.717) is 17.9 Å². The monoisotopic (exact) mass is 314 g/mol. The van der Waals surface area contributed by atoms with Gasteiger partial charge in [-0.25, -0.2) is 0 Å². The maximum Gasteiger partial charge on any atom is 0.223 e. The Morgan fingerprint density at radius 3 is 2.38 bits per heavy atom. The molecule has 1 N–H and O–H groups in total. The summed E-state index contributed by atoms with van der Waals surface area (Å²) in [5.74, 6) is 1.91. The van der Waals surface area contributed by atoms with Crippen molar-refractivity contribution in [2.45, 2.75) is 70.3 Å². The Bertz CT molecular complexity index is 325. The number of nitrogens with one attached hydrogen (secondary N) is 1. The number of carbonyl (C=O) groups is 1. The minimum Gasteiger partial charge on any atom is -0.339 e. The van der Waals surface area contributed by atoms with Crippen LogP contribution in [-0.2, 0) is 4.79 Å². The fourth-order valence-electron chi connectivity index (χ4n) is 4.56. The lowest BCUT2D eigenvalue weighted by molar-refractivity contribution is -0.134. The van der Waals surface area contributed by atoms with E-state index in [4.69, 9.17) is 0 Å². The number of halogens is 1. The zero-order valence-electron chi connectivity index (χ0n) is 13.2. The SMILES string of the molecule is Cl.O=C(CC1CCNCC1)N1CCCC1C1CCCCC1. The molecule has 21 heavy (non-hydrogen) atoms. The van der Waals surface area contributed by atoms with Crippen molar-refractivity contribution in [2.24, 2.45) is 11.8 Å². The van der Waals surface area contributed by atoms with Gasteiger partial charge in [0.25, 0.3) is 0 Å². The molecule has 1 aliphatic carbocycles. The zero-order valence-corrected chi connectivity index (χ0v) is 14.0. The van der Waals surface area contributed by atoms with Gasteiger partial charge in [-0.15, -0.1) is 12.4 Å². The quantitative estimate of drug-likeness (QED) is 0.866. The molecular formula is C17H31ClN2O. The van der Waals surface area contributed by atoms with Gasteiger partial charge in [0.05, 0.1) is 0 Å². The molecule has 0 aromatic carbocycles. The average Bonchev–Trinajstić information content (AvgIpc) is 2.99. The predicted molar refractivity (Wildman–Crippen MR) is 88.8 cm³/mol. The van der Waals surface area contributed by atoms with Gasteiger partial charge in [-0.2, -0.15) is 0 Å². The molecule has 3 nitrogen and oxygen atoms in total. The van der Waals surface area contributed by atoms with Gasteiger partial charge in [0, 0.05) is 19.0 Å². The Kier molecular flexibility index (Phi) is 6.81. The highest BCUT2D eigenvalue weighted by Gasteiger charge is 2.35. The van der Waals surface area contributed by atoms with Crippen LogP contribution in [0.3, 0.4) is 0 Å². The first-order valence-electron chi connectivity index (χ1n) is 8.85. The molecule has 0 spiro atoms. The van der Waals surface area contributed by atoms with E-state index in [-0.39, 0.29) is 12.4 Å². The van der Waals surface area contributed by atoms with Crippen LogP contribution < -0.4 is 5.32 Å². The fourth-order valence-corrected chi connectivity index (χ4v) is 4.56. The Morgan fingerprint density at radius 1 is 0.952 bits per heavy atom. The average molecular weight is 315 g/mol. The van der Waals surface area contributed by atoms with Gasteiger partial charge >= 0.3 is 0 Å². The summed E-state index contributed by atoms with van der Waals surface area (Å²) in [6, 6.07) is 0.588. The minimum absolute atomic E-state index is 0. The molecule has 0 aromatic heterocycles. The van der Waals surface area contributed by atoms with Gasteiger partial charge in [-0.05, 0) is 63.5 Å². The molecule has 2 saturated heterocycles. The van der Waals surface area contributed by atoms with Crippen LogP contribution in [0, 0.1) is 11.8 Å². The minimum atomic E-state index is 0. The van der Waals surface area contributed by atoms with Crippen molar-refractivity contribution in [1.82, 2.24) is 10.2 Å². The lowest BCUT2D eigenvalue weighted by atomic mass is 9.82. The second-order valence-electron chi connectivity index (χ2n) is 7.09. The molecule has 2 aliphatic heterocycles. The topological polar surface area (TPSA) is 32.3 Å². The first kappa shape index (κ1) is 17.1. The summed E-state index contributed by atoms with van der Waals surface area (Å²) >= 11 is 0. The van der Waals surface area contributed by atoms with Gasteiger partial charge in [-0.3, -0.25) is 4.79 Å². The van der Waals surface area contributed by atoms with Crippen molar-refractivity contribution < 1.29 is 4.79 Å². The maximum atomic E-state index is 12.7. The van der Waals surface area contributed by atoms with Gasteiger partial charge in [-0.1, -0.05) is 19.3 Å². The molecule has 122 valence electrons. The second-order valence-corrected chi connectivity index (χ2v) is 7.09. The van der Waals surface area contributed by atoms with Gasteiger partial charge in [0.2, 0.25) is 5.91 Å². The van der Waals surface area contributed by atoms with E-state index in [1.807, 2.05) is 0 Å². The van der Waals surface area contributed by atoms with Crippen LogP contribution in [-0.4, -0.2) is 36.5 Å². The third-order valence-electron chi connectivity index (χ3n) is 5.74. The van der Waals surface area contributed by atoms with Crippen molar-refractivity contribution in [3.05, 3.63) is 0 Å². The van der Waals surface area contributed by atoms with Crippen molar-refractivity contribution in [1.29, 1.82) is 0 Å². The first-order chi connectivity index (χ1) is 9.84. The third-order valence-corrected chi connectivity index (χ3v) is 5.74. The maximum absolute atomic E-state index is 12.7. The summed E-state index contributed by atoms with van der Waals surface area (Å²) < 4.78 is 0. The van der Waals surface area contributed by atoms with Crippen LogP contribution >= 0.6 is 12.4 Å². The number of piperidine rings is 1. The van der Waals surface area contributed by atoms with Crippen molar-refractivity contribution in [3.63, 3.8) is 0 Å². The normalized spacial score (nSPS) is 28.4. The number of nitrogens with zero attached hydrogens (tertiary/aromatic N) is 1. The molecule has 0 radical (unpaired) electrons. The van der Waals surface area contributed by atoms with Crippen LogP contribution in [0.15, 0.2) is 0 Å². The number of carbonyl (C=O) groups excluding carboxylic acids is 1. The van der Waals surface area contributed by atoms with Crippen LogP contribution in [0.5, 0.6) is 0 Å². The Labute approximate surface area is 135 Å². The van der Waals surface area contributed by atoms with Crippen LogP contribution in [0.1, 0.15) is 64.2 Å². The smallest absolute Gasteiger partial charge is 0.223 e. The number of likely N-dealkylation sites (tertiary alicyclic amines) is 1. The number of rotatable bonds is 3. The number of hydrogen-bond donors (Lipinski definition) is 1. The summed E-state index contributed by atoms with van der Waals surface area (Å²) in [4.78, 5) is 14.9. The standard InChI is InChI=1S/C17H30N2O.ClH/c20-17(13-14-8-10-18-11-9-14)19-12-4-7-16(19)15-5-2-1-3-6-15;/h14-16,18H,1-13H2;1H. The van der Waals surface area contributed by atoms with Crippen molar-refractivity contribution >= 4 is 18.3 Å². The third kappa shape index (κ3) is 4.35. The zero-order chi connectivity index (χ0) is 13.8. The fraction of sp³-hybridized carbons (Fsp3) is 0.941. The van der Waals surface area contributed by atoms with Crippen molar-refractivity contribution in [2.75, 3.05) is 19.6 Å². The van der Waals surface area contributed by atoms with E-state index in [0.717, 1.165) is 32.0 Å². The lowest BCUT2D eigenvalue weighted by Gasteiger charge is -2.35. The van der Waals surface area contributed by atoms with Gasteiger partial charge < -0.3 is 10.2 Å². The second kappa shape index (κ2) is 8.38. The van der Waals surface area contributed by atoms with E-state index in [1.54, 1.807) is 0 Å². The van der Waals surface area contributed by atoms with Crippen LogP contribution in [0.2, 0.25) is 0 Å². The lowest BCUT2D eigenvalue weighted by Crippen LogP contribution is -2.42. The largest absolute Gasteiger partial charge is 0.339 e. The molecule has 0 bridgehead atoms. The molecule has 1 unspecified atom stereocenters. The van der Waals surface area contributed by atoms with Crippen molar-refractivity contribution in [3.8, 4) is 0 Å². The van der Waals surface area contributed by atoms with E-state index in [1.165, 1.54) is 57.8 Å². The molecular weight excluding hydrogens is 284 g/mol. The molecule has 2 heterocycles. The van der Waals surface area contributed by atoms with Crippen LogP contribution in [0.25, 0.3) is 0 Å². The Balaban J connectivity index is 0.00000161.